The second-order valence-corrected chi connectivity index (χ2v) is 5.23. The Morgan fingerprint density at radius 2 is 2.00 bits per heavy atom. The second-order valence-electron chi connectivity index (χ2n) is 4.20. The Balaban J connectivity index is 2.35. The summed E-state index contributed by atoms with van der Waals surface area (Å²) >= 11 is 1.51. The molecule has 1 aromatic heterocycles. The van der Waals surface area contributed by atoms with E-state index in [0.717, 1.165) is 11.6 Å². The fourth-order valence-electron chi connectivity index (χ4n) is 0.897. The summed E-state index contributed by atoms with van der Waals surface area (Å²) in [5, 5.41) is 13.0. The van der Waals surface area contributed by atoms with Gasteiger partial charge in [0.1, 0.15) is 5.01 Å². The van der Waals surface area contributed by atoms with E-state index in [1.807, 2.05) is 0 Å². The van der Waals surface area contributed by atoms with E-state index in [-0.39, 0.29) is 0 Å². The maximum absolute atomic E-state index is 5.47. The largest absolute Gasteiger partial charge is 0.469 e. The fraction of sp³-hybridized carbons (Fsp3) is 0.800. The highest BCUT2D eigenvalue weighted by molar-refractivity contribution is 7.13. The predicted molar refractivity (Wildman–Crippen MR) is 62.2 cm³/mol. The van der Waals surface area contributed by atoms with Gasteiger partial charge in [-0.05, 0) is 5.92 Å². The lowest BCUT2D eigenvalue weighted by Gasteiger charge is -2.04. The first-order valence-electron chi connectivity index (χ1n) is 5.26. The molecule has 86 valence electrons. The molecule has 0 aliphatic rings. The second kappa shape index (κ2) is 6.02. The zero-order chi connectivity index (χ0) is 11.3. The number of hydrogen-bond acceptors (Lipinski definition) is 5. The van der Waals surface area contributed by atoms with Gasteiger partial charge >= 0.3 is 0 Å². The first-order valence-corrected chi connectivity index (χ1v) is 6.08. The van der Waals surface area contributed by atoms with Crippen LogP contribution in [0.25, 0.3) is 0 Å². The summed E-state index contributed by atoms with van der Waals surface area (Å²) in [6.45, 7) is 9.91. The molecular weight excluding hydrogens is 210 g/mol. The van der Waals surface area contributed by atoms with Crippen molar-refractivity contribution in [2.45, 2.75) is 40.3 Å². The molecule has 0 bridgehead atoms. The van der Waals surface area contributed by atoms with Gasteiger partial charge in [0.05, 0.1) is 13.2 Å². The average Bonchev–Trinajstić information content (AvgIpc) is 2.59. The van der Waals surface area contributed by atoms with E-state index in [9.17, 15) is 0 Å². The predicted octanol–water partition coefficient (Wildman–Crippen LogP) is 2.07. The number of ether oxygens (including phenoxy) is 1. The highest BCUT2D eigenvalue weighted by atomic mass is 32.1. The van der Waals surface area contributed by atoms with E-state index in [2.05, 4.69) is 43.2 Å². The van der Waals surface area contributed by atoms with Crippen molar-refractivity contribution in [1.82, 2.24) is 15.5 Å². The van der Waals surface area contributed by atoms with Crippen molar-refractivity contribution in [1.29, 1.82) is 0 Å². The molecule has 0 saturated carbocycles. The molecule has 4 nitrogen and oxygen atoms in total. The lowest BCUT2D eigenvalue weighted by molar-refractivity contribution is 0.268. The molecule has 1 N–H and O–H groups in total. The van der Waals surface area contributed by atoms with Crippen molar-refractivity contribution in [3.8, 4) is 5.19 Å². The Kier molecular flexibility index (Phi) is 4.98. The van der Waals surface area contributed by atoms with Crippen molar-refractivity contribution >= 4 is 11.3 Å². The molecule has 0 saturated heterocycles. The zero-order valence-corrected chi connectivity index (χ0v) is 10.6. The Hall–Kier alpha value is -0.680. The number of nitrogens with one attached hydrogen (secondary N) is 1. The van der Waals surface area contributed by atoms with Crippen LogP contribution in [0.4, 0.5) is 0 Å². The molecule has 1 heterocycles. The Bertz CT molecular complexity index is 259. The summed E-state index contributed by atoms with van der Waals surface area (Å²) in [6.07, 6.45) is 0. The molecule has 0 amide bonds. The monoisotopic (exact) mass is 229 g/mol. The summed E-state index contributed by atoms with van der Waals surface area (Å²) < 4.78 is 5.47. The topological polar surface area (TPSA) is 47.0 Å². The van der Waals surface area contributed by atoms with Gasteiger partial charge in [0.2, 0.25) is 0 Å². The Labute approximate surface area is 95.1 Å². The molecule has 0 spiro atoms. The van der Waals surface area contributed by atoms with Crippen LogP contribution in [0.5, 0.6) is 5.19 Å². The molecule has 0 unspecified atom stereocenters. The van der Waals surface area contributed by atoms with Crippen LogP contribution in [0.3, 0.4) is 0 Å². The summed E-state index contributed by atoms with van der Waals surface area (Å²) in [6, 6.07) is 0.467. The van der Waals surface area contributed by atoms with Gasteiger partial charge in [-0.25, -0.2) is 0 Å². The minimum absolute atomic E-state index is 0.467. The van der Waals surface area contributed by atoms with Crippen LogP contribution >= 0.6 is 11.3 Å². The first kappa shape index (κ1) is 12.4. The van der Waals surface area contributed by atoms with E-state index in [4.69, 9.17) is 4.74 Å². The Morgan fingerprint density at radius 1 is 1.27 bits per heavy atom. The third-order valence-corrected chi connectivity index (χ3v) is 2.49. The molecular formula is C10H19N3OS. The number of hydrogen-bond donors (Lipinski definition) is 1. The normalized spacial score (nSPS) is 11.3. The van der Waals surface area contributed by atoms with Gasteiger partial charge in [0.15, 0.2) is 0 Å². The van der Waals surface area contributed by atoms with Gasteiger partial charge in [-0.1, -0.05) is 39.0 Å². The lowest BCUT2D eigenvalue weighted by Crippen LogP contribution is -2.21. The first-order chi connectivity index (χ1) is 7.08. The van der Waals surface area contributed by atoms with Gasteiger partial charge < -0.3 is 10.1 Å². The molecule has 1 rings (SSSR count). The molecule has 0 aliphatic carbocycles. The van der Waals surface area contributed by atoms with Gasteiger partial charge in [-0.15, -0.1) is 10.2 Å². The fourth-order valence-corrected chi connectivity index (χ4v) is 1.54. The van der Waals surface area contributed by atoms with Crippen LogP contribution in [-0.2, 0) is 6.54 Å². The van der Waals surface area contributed by atoms with E-state index >= 15 is 0 Å². The average molecular weight is 229 g/mol. The third-order valence-electron chi connectivity index (χ3n) is 1.65. The number of aromatic nitrogens is 2. The van der Waals surface area contributed by atoms with Crippen molar-refractivity contribution in [2.75, 3.05) is 6.61 Å². The number of rotatable bonds is 6. The zero-order valence-electron chi connectivity index (χ0n) is 9.78. The van der Waals surface area contributed by atoms with Crippen molar-refractivity contribution < 1.29 is 4.74 Å². The maximum Gasteiger partial charge on any atom is 0.294 e. The van der Waals surface area contributed by atoms with E-state index in [1.165, 1.54) is 11.3 Å². The molecule has 0 atom stereocenters. The minimum atomic E-state index is 0.467. The molecule has 15 heavy (non-hydrogen) atoms. The van der Waals surface area contributed by atoms with E-state index in [0.29, 0.717) is 23.8 Å². The highest BCUT2D eigenvalue weighted by Gasteiger charge is 2.06. The van der Waals surface area contributed by atoms with Crippen molar-refractivity contribution in [3.05, 3.63) is 5.01 Å². The van der Waals surface area contributed by atoms with Crippen LogP contribution in [0.15, 0.2) is 0 Å². The van der Waals surface area contributed by atoms with Crippen LogP contribution in [0, 0.1) is 5.92 Å². The van der Waals surface area contributed by atoms with E-state index < -0.39 is 0 Å². The number of nitrogens with zero attached hydrogens (tertiary/aromatic N) is 2. The standard InChI is InChI=1S/C10H19N3OS/c1-7(2)6-14-10-13-12-9(15-10)5-11-8(3)4/h7-8,11H,5-6H2,1-4H3. The van der Waals surface area contributed by atoms with Crippen molar-refractivity contribution in [2.24, 2.45) is 5.92 Å². The van der Waals surface area contributed by atoms with Crippen LogP contribution in [-0.4, -0.2) is 22.8 Å². The molecule has 0 aliphatic heterocycles. The molecule has 0 fully saturated rings. The maximum atomic E-state index is 5.47. The van der Waals surface area contributed by atoms with Crippen LogP contribution < -0.4 is 10.1 Å². The van der Waals surface area contributed by atoms with Gasteiger partial charge in [0.25, 0.3) is 5.19 Å². The highest BCUT2D eigenvalue weighted by Crippen LogP contribution is 2.18. The summed E-state index contributed by atoms with van der Waals surface area (Å²) in [5.74, 6) is 0.520. The molecule has 5 heteroatoms. The quantitative estimate of drug-likeness (QED) is 0.811. The van der Waals surface area contributed by atoms with E-state index in [1.54, 1.807) is 0 Å². The summed E-state index contributed by atoms with van der Waals surface area (Å²) in [5.41, 5.74) is 0. The van der Waals surface area contributed by atoms with Gasteiger partial charge in [0, 0.05) is 6.04 Å². The summed E-state index contributed by atoms with van der Waals surface area (Å²) in [4.78, 5) is 0. The molecule has 0 aromatic carbocycles. The third kappa shape index (κ3) is 5.09. The van der Waals surface area contributed by atoms with Crippen LogP contribution in [0.1, 0.15) is 32.7 Å². The smallest absolute Gasteiger partial charge is 0.294 e. The minimum Gasteiger partial charge on any atom is -0.469 e. The summed E-state index contributed by atoms with van der Waals surface area (Å²) in [7, 11) is 0. The Morgan fingerprint density at radius 3 is 2.60 bits per heavy atom. The molecule has 1 aromatic rings. The SMILES string of the molecule is CC(C)COc1nnc(CNC(C)C)s1. The molecule has 0 radical (unpaired) electrons. The van der Waals surface area contributed by atoms with Gasteiger partial charge in [-0.2, -0.15) is 0 Å². The lowest BCUT2D eigenvalue weighted by atomic mass is 10.2. The van der Waals surface area contributed by atoms with Crippen LogP contribution in [0.2, 0.25) is 0 Å². The van der Waals surface area contributed by atoms with Gasteiger partial charge in [-0.3, -0.25) is 0 Å². The van der Waals surface area contributed by atoms with Crippen molar-refractivity contribution in [3.63, 3.8) is 0 Å².